The molecule has 2 fully saturated rings. The molecular weight excluding hydrogens is 326 g/mol. The molecule has 0 saturated heterocycles. The summed E-state index contributed by atoms with van der Waals surface area (Å²) >= 11 is 4.72. The summed E-state index contributed by atoms with van der Waals surface area (Å²) in [5, 5.41) is 2.44. The van der Waals surface area contributed by atoms with Crippen molar-refractivity contribution in [2.45, 2.75) is 70.6 Å². The highest BCUT2D eigenvalue weighted by Crippen LogP contribution is 2.45. The second-order valence-electron chi connectivity index (χ2n) is 7.94. The summed E-state index contributed by atoms with van der Waals surface area (Å²) in [7, 11) is 1.70. The van der Waals surface area contributed by atoms with Crippen LogP contribution in [0.4, 0.5) is 5.69 Å². The molecule has 1 aromatic rings. The topological polar surface area (TPSA) is 21.6 Å². The minimum absolute atomic E-state index is 0.669. The van der Waals surface area contributed by atoms with Gasteiger partial charge in [0.05, 0.1) is 12.3 Å². The Morgan fingerprint density at radius 2 is 1.68 bits per heavy atom. The molecule has 2 nitrogen and oxygen atoms in total. The van der Waals surface area contributed by atoms with Crippen LogP contribution >= 0.6 is 12.2 Å². The number of aliphatic imine (C=N–C) groups is 1. The molecule has 25 heavy (non-hydrogen) atoms. The smallest absolute Gasteiger partial charge is 0.145 e. The molecule has 0 unspecified atom stereocenters. The number of rotatable bonds is 5. The monoisotopic (exact) mass is 357 g/mol. The van der Waals surface area contributed by atoms with E-state index in [2.05, 4.69) is 29.2 Å². The summed E-state index contributed by atoms with van der Waals surface area (Å²) in [4.78, 5) is 4.09. The van der Waals surface area contributed by atoms with E-state index >= 15 is 0 Å². The summed E-state index contributed by atoms with van der Waals surface area (Å²) in [6, 6.07) is 6.38. The van der Waals surface area contributed by atoms with Crippen LogP contribution < -0.4 is 4.74 Å². The van der Waals surface area contributed by atoms with Gasteiger partial charge in [0.15, 0.2) is 0 Å². The largest absolute Gasteiger partial charge is 0.494 e. The number of benzene rings is 1. The summed E-state index contributed by atoms with van der Waals surface area (Å²) < 4.78 is 5.49. The number of nitrogens with zero attached hydrogens (tertiary/aromatic N) is 1. The van der Waals surface area contributed by atoms with Gasteiger partial charge in [-0.25, -0.2) is 0 Å². The van der Waals surface area contributed by atoms with Crippen LogP contribution in [0.2, 0.25) is 0 Å². The van der Waals surface area contributed by atoms with Gasteiger partial charge in [-0.2, -0.15) is 4.99 Å². The lowest BCUT2D eigenvalue weighted by Crippen LogP contribution is -2.25. The lowest BCUT2D eigenvalue weighted by Gasteiger charge is -2.38. The van der Waals surface area contributed by atoms with Crippen LogP contribution in [-0.4, -0.2) is 12.3 Å². The van der Waals surface area contributed by atoms with Gasteiger partial charge in [-0.05, 0) is 92.1 Å². The Morgan fingerprint density at radius 3 is 2.24 bits per heavy atom. The molecule has 136 valence electrons. The van der Waals surface area contributed by atoms with E-state index in [0.717, 1.165) is 29.2 Å². The molecule has 0 N–H and O–H groups in total. The van der Waals surface area contributed by atoms with Crippen molar-refractivity contribution in [3.05, 3.63) is 23.8 Å². The third-order valence-corrected chi connectivity index (χ3v) is 6.84. The average Bonchev–Trinajstić information content (AvgIpc) is 2.69. The first-order valence-corrected chi connectivity index (χ1v) is 10.4. The molecule has 3 rings (SSSR count). The molecule has 0 spiro atoms. The van der Waals surface area contributed by atoms with Crippen molar-refractivity contribution in [3.8, 4) is 5.75 Å². The van der Waals surface area contributed by atoms with Crippen molar-refractivity contribution < 1.29 is 4.74 Å². The Morgan fingerprint density at radius 1 is 1.04 bits per heavy atom. The third-order valence-electron chi connectivity index (χ3n) is 6.75. The van der Waals surface area contributed by atoms with Gasteiger partial charge in [0.2, 0.25) is 0 Å². The van der Waals surface area contributed by atoms with E-state index in [1.165, 1.54) is 63.4 Å². The molecule has 0 aromatic heterocycles. The molecule has 0 bridgehead atoms. The fraction of sp³-hybridized carbons (Fsp3) is 0.682. The summed E-state index contributed by atoms with van der Waals surface area (Å²) in [5.41, 5.74) is 2.18. The lowest BCUT2D eigenvalue weighted by atomic mass is 9.68. The molecule has 2 aliphatic rings. The van der Waals surface area contributed by atoms with Crippen molar-refractivity contribution >= 4 is 23.1 Å². The van der Waals surface area contributed by atoms with E-state index in [9.17, 15) is 0 Å². The van der Waals surface area contributed by atoms with Gasteiger partial charge in [0.25, 0.3) is 0 Å². The maximum atomic E-state index is 5.49. The number of isothiocyanates is 1. The molecule has 3 heteroatoms. The fourth-order valence-corrected chi connectivity index (χ4v) is 5.18. The van der Waals surface area contributed by atoms with E-state index in [0.29, 0.717) is 5.92 Å². The fourth-order valence-electron chi connectivity index (χ4n) is 5.08. The number of hydrogen-bond donors (Lipinski definition) is 0. The predicted octanol–water partition coefficient (Wildman–Crippen LogP) is 6.92. The minimum Gasteiger partial charge on any atom is -0.494 e. The van der Waals surface area contributed by atoms with Gasteiger partial charge < -0.3 is 4.74 Å². The summed E-state index contributed by atoms with van der Waals surface area (Å²) in [6.07, 6.45) is 12.7. The van der Waals surface area contributed by atoms with Crippen LogP contribution in [0.1, 0.15) is 76.2 Å². The van der Waals surface area contributed by atoms with Crippen molar-refractivity contribution in [3.63, 3.8) is 0 Å². The van der Waals surface area contributed by atoms with Crippen molar-refractivity contribution in [2.24, 2.45) is 22.7 Å². The molecule has 2 aliphatic carbocycles. The summed E-state index contributed by atoms with van der Waals surface area (Å²) in [5.74, 6) is 4.46. The standard InChI is InChI=1S/C22H31NOS/c1-3-16-4-6-17(7-5-16)18-8-10-19(11-9-18)20-12-13-21(23-15-25)22(14-20)24-2/h12-14,16-19H,3-11H2,1-2H3. The van der Waals surface area contributed by atoms with Gasteiger partial charge in [-0.3, -0.25) is 0 Å². The van der Waals surface area contributed by atoms with Crippen LogP contribution in [0.5, 0.6) is 5.75 Å². The Kier molecular flexibility index (Phi) is 6.67. The van der Waals surface area contributed by atoms with Gasteiger partial charge in [-0.1, -0.05) is 32.3 Å². The van der Waals surface area contributed by atoms with E-state index in [4.69, 9.17) is 17.0 Å². The molecule has 0 radical (unpaired) electrons. The predicted molar refractivity (Wildman–Crippen MR) is 108 cm³/mol. The SMILES string of the molecule is CCC1CCC(C2CCC(c3ccc(N=C=S)c(OC)c3)CC2)CC1. The van der Waals surface area contributed by atoms with E-state index < -0.39 is 0 Å². The first kappa shape index (κ1) is 18.6. The van der Waals surface area contributed by atoms with E-state index in [1.54, 1.807) is 7.11 Å². The second kappa shape index (κ2) is 8.96. The molecular formula is C22H31NOS. The Labute approximate surface area is 158 Å². The molecule has 0 atom stereocenters. The normalized spacial score (nSPS) is 29.7. The van der Waals surface area contributed by atoms with Crippen LogP contribution in [0.15, 0.2) is 23.2 Å². The van der Waals surface area contributed by atoms with Gasteiger partial charge in [-0.15, -0.1) is 0 Å². The zero-order chi connectivity index (χ0) is 17.6. The van der Waals surface area contributed by atoms with Crippen LogP contribution in [-0.2, 0) is 0 Å². The molecule has 0 aliphatic heterocycles. The van der Waals surface area contributed by atoms with E-state index in [1.807, 2.05) is 6.07 Å². The molecule has 0 amide bonds. The maximum absolute atomic E-state index is 5.49. The second-order valence-corrected chi connectivity index (χ2v) is 8.12. The number of hydrogen-bond acceptors (Lipinski definition) is 3. The quantitative estimate of drug-likeness (QED) is 0.421. The summed E-state index contributed by atoms with van der Waals surface area (Å²) in [6.45, 7) is 2.35. The molecule has 2 saturated carbocycles. The number of ether oxygens (including phenoxy) is 1. The maximum Gasteiger partial charge on any atom is 0.145 e. The highest BCUT2D eigenvalue weighted by Gasteiger charge is 2.31. The Hall–Kier alpha value is -1.18. The van der Waals surface area contributed by atoms with Gasteiger partial charge in [0.1, 0.15) is 11.4 Å². The van der Waals surface area contributed by atoms with Crippen LogP contribution in [0, 0.1) is 17.8 Å². The lowest BCUT2D eigenvalue weighted by molar-refractivity contribution is 0.158. The highest BCUT2D eigenvalue weighted by molar-refractivity contribution is 7.78. The number of thiocarbonyl (C=S) groups is 1. The zero-order valence-electron chi connectivity index (χ0n) is 15.7. The van der Waals surface area contributed by atoms with Gasteiger partial charge in [0, 0.05) is 0 Å². The third kappa shape index (κ3) is 4.51. The van der Waals surface area contributed by atoms with Gasteiger partial charge >= 0.3 is 0 Å². The molecule has 1 aromatic carbocycles. The first-order chi connectivity index (χ1) is 12.2. The average molecular weight is 358 g/mol. The highest BCUT2D eigenvalue weighted by atomic mass is 32.1. The number of methoxy groups -OCH3 is 1. The minimum atomic E-state index is 0.669. The molecule has 0 heterocycles. The zero-order valence-corrected chi connectivity index (χ0v) is 16.5. The van der Waals surface area contributed by atoms with Crippen LogP contribution in [0.3, 0.4) is 0 Å². The Bertz CT molecular complexity index is 606. The van der Waals surface area contributed by atoms with Crippen molar-refractivity contribution in [2.75, 3.05) is 7.11 Å². The Balaban J connectivity index is 1.58. The van der Waals surface area contributed by atoms with E-state index in [-0.39, 0.29) is 0 Å². The van der Waals surface area contributed by atoms with Crippen molar-refractivity contribution in [1.29, 1.82) is 0 Å². The van der Waals surface area contributed by atoms with Crippen molar-refractivity contribution in [1.82, 2.24) is 0 Å². The first-order valence-electron chi connectivity index (χ1n) is 10.0. The van der Waals surface area contributed by atoms with Crippen LogP contribution in [0.25, 0.3) is 0 Å².